The number of rotatable bonds is 4. The third-order valence-corrected chi connectivity index (χ3v) is 5.51. The zero-order valence-corrected chi connectivity index (χ0v) is 17.0. The normalized spacial score (nSPS) is 15.8. The van der Waals surface area contributed by atoms with Gasteiger partial charge in [-0.25, -0.2) is 9.59 Å². The molecule has 0 aromatic heterocycles. The summed E-state index contributed by atoms with van der Waals surface area (Å²) < 4.78 is 0. The summed E-state index contributed by atoms with van der Waals surface area (Å²) >= 11 is 6.42. The highest BCUT2D eigenvalue weighted by Gasteiger charge is 2.34. The molecule has 3 aromatic rings. The maximum Gasteiger partial charge on any atom is 0.326 e. The van der Waals surface area contributed by atoms with Crippen LogP contribution in [0.2, 0.25) is 5.02 Å². The monoisotopic (exact) mass is 420 g/mol. The first-order chi connectivity index (χ1) is 14.5. The minimum atomic E-state index is -0.984. The molecule has 0 spiro atoms. The number of urea groups is 1. The SMILES string of the molecule is O=C(O)C1CCCN1C(=O)Nc1cc(Cl)cc(-c2ccccc2)c1-c1ccccc1. The number of likely N-dealkylation sites (tertiary alicyclic amines) is 1. The fourth-order valence-corrected chi connectivity index (χ4v) is 4.14. The highest BCUT2D eigenvalue weighted by molar-refractivity contribution is 6.31. The minimum absolute atomic E-state index is 0.412. The van der Waals surface area contributed by atoms with Gasteiger partial charge in [0.05, 0.1) is 5.69 Å². The summed E-state index contributed by atoms with van der Waals surface area (Å²) in [4.78, 5) is 25.9. The van der Waals surface area contributed by atoms with E-state index in [4.69, 9.17) is 11.6 Å². The van der Waals surface area contributed by atoms with E-state index in [0.29, 0.717) is 30.1 Å². The zero-order valence-electron chi connectivity index (χ0n) is 16.2. The second-order valence-electron chi connectivity index (χ2n) is 7.23. The van der Waals surface area contributed by atoms with Crippen molar-refractivity contribution in [3.05, 3.63) is 77.8 Å². The van der Waals surface area contributed by atoms with Crippen molar-refractivity contribution in [2.75, 3.05) is 11.9 Å². The average molecular weight is 421 g/mol. The van der Waals surface area contributed by atoms with Gasteiger partial charge < -0.3 is 15.3 Å². The van der Waals surface area contributed by atoms with Crippen molar-refractivity contribution >= 4 is 29.3 Å². The summed E-state index contributed by atoms with van der Waals surface area (Å²) in [6.07, 6.45) is 1.12. The molecule has 1 saturated heterocycles. The number of amides is 2. The summed E-state index contributed by atoms with van der Waals surface area (Å²) in [5.41, 5.74) is 4.18. The van der Waals surface area contributed by atoms with Crippen molar-refractivity contribution in [1.29, 1.82) is 0 Å². The van der Waals surface area contributed by atoms with Crippen LogP contribution < -0.4 is 5.32 Å². The van der Waals surface area contributed by atoms with Gasteiger partial charge in [0, 0.05) is 17.1 Å². The van der Waals surface area contributed by atoms with E-state index in [1.807, 2.05) is 66.7 Å². The molecule has 1 heterocycles. The predicted octanol–water partition coefficient (Wildman–Crippen LogP) is 5.75. The lowest BCUT2D eigenvalue weighted by Gasteiger charge is -2.24. The first kappa shape index (κ1) is 20.0. The highest BCUT2D eigenvalue weighted by Crippen LogP contribution is 2.40. The van der Waals surface area contributed by atoms with Crippen LogP contribution in [0, 0.1) is 0 Å². The maximum absolute atomic E-state index is 13.0. The standard InChI is InChI=1S/C24H21ClN2O3/c25-18-14-19(16-8-3-1-4-9-16)22(17-10-5-2-6-11-17)20(15-18)26-24(30)27-13-7-12-21(27)23(28)29/h1-6,8-11,14-15,21H,7,12-13H2,(H,26,30)(H,28,29). The number of carbonyl (C=O) groups excluding carboxylic acids is 1. The van der Waals surface area contributed by atoms with Crippen LogP contribution in [0.3, 0.4) is 0 Å². The number of aliphatic carboxylic acids is 1. The highest BCUT2D eigenvalue weighted by atomic mass is 35.5. The molecule has 1 unspecified atom stereocenters. The van der Waals surface area contributed by atoms with Crippen LogP contribution in [0.4, 0.5) is 10.5 Å². The molecule has 0 radical (unpaired) electrons. The summed E-state index contributed by atoms with van der Waals surface area (Å²) in [5.74, 6) is -0.984. The molecule has 2 amide bonds. The largest absolute Gasteiger partial charge is 0.480 e. The molecule has 5 nitrogen and oxygen atoms in total. The molecule has 2 N–H and O–H groups in total. The molecule has 0 saturated carbocycles. The molecule has 0 bridgehead atoms. The Bertz CT molecular complexity index is 1070. The van der Waals surface area contributed by atoms with Crippen LogP contribution in [-0.4, -0.2) is 34.6 Å². The van der Waals surface area contributed by atoms with Gasteiger partial charge in [0.1, 0.15) is 6.04 Å². The Morgan fingerprint density at radius 3 is 2.23 bits per heavy atom. The number of anilines is 1. The first-order valence-electron chi connectivity index (χ1n) is 9.79. The van der Waals surface area contributed by atoms with Gasteiger partial charge in [-0.3, -0.25) is 0 Å². The molecular weight excluding hydrogens is 400 g/mol. The second-order valence-corrected chi connectivity index (χ2v) is 7.66. The van der Waals surface area contributed by atoms with Gasteiger partial charge in [-0.2, -0.15) is 0 Å². The molecule has 1 fully saturated rings. The van der Waals surface area contributed by atoms with Crippen molar-refractivity contribution in [3.63, 3.8) is 0 Å². The van der Waals surface area contributed by atoms with Gasteiger partial charge in [-0.15, -0.1) is 0 Å². The summed E-state index contributed by atoms with van der Waals surface area (Å²) in [6, 6.07) is 21.9. The number of carbonyl (C=O) groups is 2. The van der Waals surface area contributed by atoms with Gasteiger partial charge in [-0.1, -0.05) is 72.3 Å². The van der Waals surface area contributed by atoms with Crippen LogP contribution in [0.15, 0.2) is 72.8 Å². The number of nitrogens with one attached hydrogen (secondary N) is 1. The molecule has 4 rings (SSSR count). The van der Waals surface area contributed by atoms with E-state index in [1.54, 1.807) is 6.07 Å². The topological polar surface area (TPSA) is 69.6 Å². The number of hydrogen-bond donors (Lipinski definition) is 2. The summed E-state index contributed by atoms with van der Waals surface area (Å²) in [5, 5.41) is 12.8. The van der Waals surface area contributed by atoms with E-state index in [9.17, 15) is 14.7 Å². The third-order valence-electron chi connectivity index (χ3n) is 5.29. The van der Waals surface area contributed by atoms with Gasteiger partial charge in [0.2, 0.25) is 0 Å². The molecule has 1 aliphatic heterocycles. The Morgan fingerprint density at radius 1 is 0.967 bits per heavy atom. The molecule has 0 aliphatic carbocycles. The third kappa shape index (κ3) is 4.02. The van der Waals surface area contributed by atoms with Crippen LogP contribution in [0.25, 0.3) is 22.3 Å². The zero-order chi connectivity index (χ0) is 21.1. The number of halogens is 1. The Morgan fingerprint density at radius 2 is 1.60 bits per heavy atom. The Kier molecular flexibility index (Phi) is 5.72. The Balaban J connectivity index is 1.80. The summed E-state index contributed by atoms with van der Waals surface area (Å²) in [6.45, 7) is 0.412. The van der Waals surface area contributed by atoms with E-state index in [1.165, 1.54) is 4.90 Å². The van der Waals surface area contributed by atoms with Crippen LogP contribution in [0.1, 0.15) is 12.8 Å². The minimum Gasteiger partial charge on any atom is -0.480 e. The van der Waals surface area contributed by atoms with E-state index in [2.05, 4.69) is 5.32 Å². The van der Waals surface area contributed by atoms with Crippen molar-refractivity contribution in [1.82, 2.24) is 4.90 Å². The predicted molar refractivity (Wildman–Crippen MR) is 119 cm³/mol. The Labute approximate surface area is 179 Å². The van der Waals surface area contributed by atoms with Gasteiger partial charge in [0.15, 0.2) is 0 Å². The van der Waals surface area contributed by atoms with E-state index < -0.39 is 18.0 Å². The molecule has 3 aromatic carbocycles. The lowest BCUT2D eigenvalue weighted by atomic mass is 9.93. The van der Waals surface area contributed by atoms with Crippen molar-refractivity contribution in [3.8, 4) is 22.3 Å². The van der Waals surface area contributed by atoms with Crippen molar-refractivity contribution in [2.45, 2.75) is 18.9 Å². The molecule has 1 atom stereocenters. The molecule has 6 heteroatoms. The first-order valence-corrected chi connectivity index (χ1v) is 10.2. The molecule has 30 heavy (non-hydrogen) atoms. The van der Waals surface area contributed by atoms with Gasteiger partial charge in [0.25, 0.3) is 0 Å². The smallest absolute Gasteiger partial charge is 0.326 e. The molecule has 1 aliphatic rings. The Hall–Kier alpha value is -3.31. The van der Waals surface area contributed by atoms with Crippen LogP contribution in [0.5, 0.6) is 0 Å². The fourth-order valence-electron chi connectivity index (χ4n) is 3.92. The van der Waals surface area contributed by atoms with Crippen LogP contribution in [-0.2, 0) is 4.79 Å². The second kappa shape index (κ2) is 8.59. The lowest BCUT2D eigenvalue weighted by molar-refractivity contribution is -0.141. The number of nitrogens with zero attached hydrogens (tertiary/aromatic N) is 1. The summed E-state index contributed by atoms with van der Waals surface area (Å²) in [7, 11) is 0. The number of hydrogen-bond acceptors (Lipinski definition) is 2. The molecular formula is C24H21ClN2O3. The van der Waals surface area contributed by atoms with Gasteiger partial charge in [-0.05, 0) is 41.7 Å². The number of carboxylic acid groups (broad SMARTS) is 1. The lowest BCUT2D eigenvalue weighted by Crippen LogP contribution is -2.42. The number of benzene rings is 3. The van der Waals surface area contributed by atoms with Crippen molar-refractivity contribution in [2.24, 2.45) is 0 Å². The quantitative estimate of drug-likeness (QED) is 0.564. The van der Waals surface area contributed by atoms with Crippen molar-refractivity contribution < 1.29 is 14.7 Å². The number of carboxylic acids is 1. The van der Waals surface area contributed by atoms with Crippen LogP contribution >= 0.6 is 11.6 Å². The fraction of sp³-hybridized carbons (Fsp3) is 0.167. The average Bonchev–Trinajstić information content (AvgIpc) is 3.25. The molecule has 152 valence electrons. The van der Waals surface area contributed by atoms with Gasteiger partial charge >= 0.3 is 12.0 Å². The maximum atomic E-state index is 13.0. The van der Waals surface area contributed by atoms with E-state index in [-0.39, 0.29) is 0 Å². The van der Waals surface area contributed by atoms with E-state index >= 15 is 0 Å². The van der Waals surface area contributed by atoms with E-state index in [0.717, 1.165) is 22.3 Å².